The van der Waals surface area contributed by atoms with E-state index in [1.54, 1.807) is 0 Å². The Balaban J connectivity index is 1.81. The van der Waals surface area contributed by atoms with Crippen molar-refractivity contribution in [3.8, 4) is 11.5 Å². The Morgan fingerprint density at radius 2 is 1.76 bits per heavy atom. The first kappa shape index (κ1) is 28.7. The highest BCUT2D eigenvalue weighted by molar-refractivity contribution is 6.06. The predicted molar refractivity (Wildman–Crippen MR) is 121 cm³/mol. The van der Waals surface area contributed by atoms with Gasteiger partial charge < -0.3 is 14.8 Å². The first-order chi connectivity index (χ1) is 17.8. The molecule has 0 saturated heterocycles. The number of carbonyl (C=O) groups is 2. The van der Waals surface area contributed by atoms with E-state index in [-0.39, 0.29) is 42.0 Å². The first-order valence-corrected chi connectivity index (χ1v) is 11.1. The third-order valence-corrected chi connectivity index (χ3v) is 5.68. The van der Waals surface area contributed by atoms with Gasteiger partial charge in [0, 0.05) is 23.6 Å². The van der Waals surface area contributed by atoms with E-state index in [4.69, 9.17) is 4.74 Å². The monoisotopic (exact) mass is 549 g/mol. The van der Waals surface area contributed by atoms with Crippen molar-refractivity contribution in [3.63, 3.8) is 0 Å². The van der Waals surface area contributed by atoms with E-state index in [1.165, 1.54) is 42.8 Å². The molecule has 1 heterocycles. The number of halogens is 7. The van der Waals surface area contributed by atoms with Crippen LogP contribution in [0, 0.1) is 5.92 Å². The van der Waals surface area contributed by atoms with E-state index in [1.807, 2.05) is 6.92 Å². The number of nitrogens with zero attached hydrogens (tertiary/aromatic N) is 2. The molecule has 7 nitrogen and oxygen atoms in total. The molecule has 206 valence electrons. The topological polar surface area (TPSA) is 80.2 Å². The van der Waals surface area contributed by atoms with Crippen LogP contribution in [-0.4, -0.2) is 48.4 Å². The number of ether oxygens (including phenoxy) is 2. The van der Waals surface area contributed by atoms with Gasteiger partial charge in [-0.2, -0.15) is 35.8 Å². The van der Waals surface area contributed by atoms with Gasteiger partial charge >= 0.3 is 24.6 Å². The van der Waals surface area contributed by atoms with Crippen LogP contribution in [-0.2, 0) is 16.1 Å². The van der Waals surface area contributed by atoms with Crippen molar-refractivity contribution in [1.29, 1.82) is 0 Å². The molecule has 1 N–H and O–H groups in total. The second kappa shape index (κ2) is 11.3. The predicted octanol–water partition coefficient (Wildman–Crippen LogP) is 5.60. The molecule has 0 saturated carbocycles. The molecule has 38 heavy (non-hydrogen) atoms. The molecule has 2 aromatic rings. The van der Waals surface area contributed by atoms with Gasteiger partial charge in [-0.05, 0) is 42.3 Å². The van der Waals surface area contributed by atoms with Crippen molar-refractivity contribution < 1.29 is 49.8 Å². The molecule has 1 unspecified atom stereocenters. The Bertz CT molecular complexity index is 1200. The van der Waals surface area contributed by atoms with Crippen LogP contribution in [0.3, 0.4) is 0 Å². The van der Waals surface area contributed by atoms with Crippen LogP contribution in [0.15, 0.2) is 47.6 Å². The molecule has 3 rings (SSSR count). The highest BCUT2D eigenvalue weighted by Crippen LogP contribution is 2.36. The van der Waals surface area contributed by atoms with Crippen LogP contribution in [0.2, 0.25) is 0 Å². The fourth-order valence-corrected chi connectivity index (χ4v) is 3.66. The summed E-state index contributed by atoms with van der Waals surface area (Å²) in [5.74, 6) is -8.84. The number of methoxy groups -OCH3 is 1. The number of carbonyl (C=O) groups excluding carboxylic acids is 2. The van der Waals surface area contributed by atoms with Gasteiger partial charge in [-0.1, -0.05) is 19.1 Å². The van der Waals surface area contributed by atoms with Crippen molar-refractivity contribution in [2.45, 2.75) is 45.0 Å². The SMILES string of the molecule is CCC1CC(=O)N(Cc2ccc(NC(=O)C(F)(F)C(F)(F)F)cc2)N=C1c1ccc(OC(F)F)c(OC)c1. The molecule has 2 amide bonds. The van der Waals surface area contributed by atoms with Crippen LogP contribution < -0.4 is 14.8 Å². The molecular formula is C24H22F7N3O4. The largest absolute Gasteiger partial charge is 0.493 e. The third-order valence-electron chi connectivity index (χ3n) is 5.68. The highest BCUT2D eigenvalue weighted by atomic mass is 19.4. The van der Waals surface area contributed by atoms with Crippen molar-refractivity contribution in [2.24, 2.45) is 11.0 Å². The smallest absolute Gasteiger partial charge is 0.463 e. The van der Waals surface area contributed by atoms with Gasteiger partial charge in [-0.15, -0.1) is 0 Å². The maximum atomic E-state index is 13.2. The molecule has 1 aliphatic heterocycles. The minimum Gasteiger partial charge on any atom is -0.493 e. The number of hydrogen-bond acceptors (Lipinski definition) is 5. The Morgan fingerprint density at radius 3 is 2.32 bits per heavy atom. The maximum absolute atomic E-state index is 13.2. The van der Waals surface area contributed by atoms with Crippen LogP contribution in [0.5, 0.6) is 11.5 Å². The average Bonchev–Trinajstić information content (AvgIpc) is 2.85. The van der Waals surface area contributed by atoms with Crippen molar-refractivity contribution in [2.75, 3.05) is 12.4 Å². The number of rotatable bonds is 9. The Labute approximate surface area is 212 Å². The molecule has 1 aliphatic rings. The summed E-state index contributed by atoms with van der Waals surface area (Å²) in [5, 5.41) is 7.11. The lowest BCUT2D eigenvalue weighted by atomic mass is 9.89. The number of hydrazone groups is 1. The minimum absolute atomic E-state index is 0.0394. The first-order valence-electron chi connectivity index (χ1n) is 11.1. The number of amides is 2. The van der Waals surface area contributed by atoms with E-state index in [9.17, 15) is 40.3 Å². The number of nitrogens with one attached hydrogen (secondary N) is 1. The highest BCUT2D eigenvalue weighted by Gasteiger charge is 2.63. The van der Waals surface area contributed by atoms with Gasteiger partial charge in [0.15, 0.2) is 11.5 Å². The lowest BCUT2D eigenvalue weighted by Crippen LogP contribution is -2.47. The van der Waals surface area contributed by atoms with Crippen LogP contribution >= 0.6 is 0 Å². The normalized spacial score (nSPS) is 16.4. The van der Waals surface area contributed by atoms with Crippen molar-refractivity contribution >= 4 is 23.2 Å². The third kappa shape index (κ3) is 6.34. The fraction of sp³-hybridized carbons (Fsp3) is 0.375. The molecule has 14 heteroatoms. The number of alkyl halides is 7. The molecule has 1 atom stereocenters. The maximum Gasteiger partial charge on any atom is 0.463 e. The molecule has 0 bridgehead atoms. The molecule has 0 spiro atoms. The number of hydrogen-bond donors (Lipinski definition) is 1. The van der Waals surface area contributed by atoms with E-state index in [0.29, 0.717) is 23.3 Å². The number of benzene rings is 2. The van der Waals surface area contributed by atoms with Crippen LogP contribution in [0.25, 0.3) is 0 Å². The second-order valence-corrected chi connectivity index (χ2v) is 8.21. The number of anilines is 1. The summed E-state index contributed by atoms with van der Waals surface area (Å²) in [6.45, 7) is -1.28. The van der Waals surface area contributed by atoms with Gasteiger partial charge in [-0.3, -0.25) is 9.59 Å². The zero-order chi connectivity index (χ0) is 28.3. The molecule has 0 aliphatic carbocycles. The van der Waals surface area contributed by atoms with E-state index < -0.39 is 24.6 Å². The molecule has 0 fully saturated rings. The summed E-state index contributed by atoms with van der Waals surface area (Å²) >= 11 is 0. The summed E-state index contributed by atoms with van der Waals surface area (Å²) in [7, 11) is 1.28. The summed E-state index contributed by atoms with van der Waals surface area (Å²) in [6, 6.07) is 9.14. The molecular weight excluding hydrogens is 527 g/mol. The van der Waals surface area contributed by atoms with E-state index in [0.717, 1.165) is 17.1 Å². The lowest BCUT2D eigenvalue weighted by Gasteiger charge is -2.29. The summed E-state index contributed by atoms with van der Waals surface area (Å²) < 4.78 is 98.3. The van der Waals surface area contributed by atoms with Gasteiger partial charge in [0.2, 0.25) is 5.91 Å². The Morgan fingerprint density at radius 1 is 1.11 bits per heavy atom. The van der Waals surface area contributed by atoms with Gasteiger partial charge in [0.25, 0.3) is 0 Å². The van der Waals surface area contributed by atoms with Crippen molar-refractivity contribution in [1.82, 2.24) is 5.01 Å². The van der Waals surface area contributed by atoms with Crippen molar-refractivity contribution in [3.05, 3.63) is 53.6 Å². The summed E-state index contributed by atoms with van der Waals surface area (Å²) in [5.41, 5.74) is 1.14. The molecule has 0 aromatic heterocycles. The zero-order valence-electron chi connectivity index (χ0n) is 20.0. The van der Waals surface area contributed by atoms with Gasteiger partial charge in [-0.25, -0.2) is 5.01 Å². The van der Waals surface area contributed by atoms with Gasteiger partial charge in [0.05, 0.1) is 19.4 Å². The Hall–Kier alpha value is -3.84. The minimum atomic E-state index is -6.04. The fourth-order valence-electron chi connectivity index (χ4n) is 3.66. The standard InChI is InChI=1S/C24H22F7N3O4/c1-3-14-11-19(35)34(33-20(14)15-6-9-17(38-22(25)26)18(10-15)37-2)12-13-4-7-16(8-5-13)32-21(36)23(27,28)24(29,30)31/h4-10,14,22H,3,11-12H2,1-2H3,(H,32,36). The van der Waals surface area contributed by atoms with Gasteiger partial charge in [0.1, 0.15) is 0 Å². The lowest BCUT2D eigenvalue weighted by molar-refractivity contribution is -0.267. The second-order valence-electron chi connectivity index (χ2n) is 8.21. The molecule has 0 radical (unpaired) electrons. The van der Waals surface area contributed by atoms with Crippen LogP contribution in [0.4, 0.5) is 36.4 Å². The molecule has 2 aromatic carbocycles. The van der Waals surface area contributed by atoms with E-state index >= 15 is 0 Å². The average molecular weight is 549 g/mol. The van der Waals surface area contributed by atoms with Crippen LogP contribution in [0.1, 0.15) is 30.9 Å². The summed E-state index contributed by atoms with van der Waals surface area (Å²) in [4.78, 5) is 24.1. The summed E-state index contributed by atoms with van der Waals surface area (Å²) in [6.07, 6.45) is -5.40. The zero-order valence-corrected chi connectivity index (χ0v) is 20.0. The van der Waals surface area contributed by atoms with E-state index in [2.05, 4.69) is 9.84 Å². The quantitative estimate of drug-likeness (QED) is 0.414. The Kier molecular flexibility index (Phi) is 8.52.